The molecule has 3 N–H and O–H groups in total. The van der Waals surface area contributed by atoms with Crippen LogP contribution in [0.1, 0.15) is 508 Å². The fourth-order valence-corrected chi connectivity index (χ4v) is 14.2. The van der Waals surface area contributed by atoms with E-state index in [0.29, 0.717) is 19.4 Å². The lowest BCUT2D eigenvalue weighted by atomic mass is 10.0. The Labute approximate surface area is 584 Å². The van der Waals surface area contributed by atoms with Crippen molar-refractivity contribution in [2.45, 2.75) is 520 Å². The summed E-state index contributed by atoms with van der Waals surface area (Å²) in [5.74, 6) is -0.0285. The van der Waals surface area contributed by atoms with E-state index in [0.717, 1.165) is 38.5 Å². The summed E-state index contributed by atoms with van der Waals surface area (Å²) in [5, 5.41) is 23.3. The minimum atomic E-state index is -0.841. The molecule has 2 unspecified atom stereocenters. The quantitative estimate of drug-likeness (QED) is 0.0320. The predicted molar refractivity (Wildman–Crippen MR) is 412 cm³/mol. The molecule has 554 valence electrons. The first-order valence-electron chi connectivity index (χ1n) is 43.5. The van der Waals surface area contributed by atoms with Crippen molar-refractivity contribution in [1.29, 1.82) is 0 Å². The van der Waals surface area contributed by atoms with E-state index in [1.165, 1.54) is 443 Å². The van der Waals surface area contributed by atoms with Gasteiger partial charge in [0.05, 0.1) is 25.4 Å². The van der Waals surface area contributed by atoms with E-state index in [2.05, 4.69) is 19.2 Å². The molecule has 0 aliphatic heterocycles. The summed E-state index contributed by atoms with van der Waals surface area (Å²) in [6, 6.07) is -0.624. The molecule has 0 fully saturated rings. The van der Waals surface area contributed by atoms with E-state index in [1.54, 1.807) is 6.08 Å². The number of hydrogen-bond acceptors (Lipinski definition) is 5. The standard InChI is InChI=1S/C87H171NO5/c1-3-5-7-9-11-13-15-17-19-20-21-22-23-39-42-45-48-52-55-59-63-67-71-75-79-85(90)84(83-89)88-86(91)80-76-72-68-64-60-56-53-49-46-43-40-37-35-33-31-29-27-25-24-26-28-30-32-34-36-38-41-44-47-50-54-58-62-66-70-74-78-82-93-87(92)81-77-73-69-65-61-57-51-18-16-14-12-10-8-6-4-2/h75,79,84-85,89-90H,3-74,76-78,80-83H2,1-2H3,(H,88,91)/b79-75+. The molecule has 0 spiro atoms. The maximum atomic E-state index is 12.6. The van der Waals surface area contributed by atoms with Crippen LogP contribution in [0.25, 0.3) is 0 Å². The zero-order valence-electron chi connectivity index (χ0n) is 63.8. The van der Waals surface area contributed by atoms with Gasteiger partial charge in [-0.05, 0) is 32.1 Å². The van der Waals surface area contributed by atoms with Crippen molar-refractivity contribution >= 4 is 11.9 Å². The lowest BCUT2D eigenvalue weighted by molar-refractivity contribution is -0.143. The largest absolute Gasteiger partial charge is 0.466 e. The number of carbonyl (C=O) groups is 2. The van der Waals surface area contributed by atoms with Gasteiger partial charge >= 0.3 is 5.97 Å². The van der Waals surface area contributed by atoms with Crippen LogP contribution in [0.4, 0.5) is 0 Å². The number of nitrogens with one attached hydrogen (secondary N) is 1. The molecule has 0 aromatic heterocycles. The summed E-state index contributed by atoms with van der Waals surface area (Å²) in [4.78, 5) is 24.7. The molecular weight excluding hydrogens is 1140 g/mol. The highest BCUT2D eigenvalue weighted by Crippen LogP contribution is 2.21. The van der Waals surface area contributed by atoms with Crippen molar-refractivity contribution in [2.75, 3.05) is 13.2 Å². The predicted octanol–water partition coefficient (Wildman–Crippen LogP) is 29.0. The number of hydrogen-bond donors (Lipinski definition) is 3. The Morgan fingerprint density at radius 1 is 0.290 bits per heavy atom. The van der Waals surface area contributed by atoms with Gasteiger partial charge in [0.15, 0.2) is 0 Å². The topological polar surface area (TPSA) is 95.9 Å². The fraction of sp³-hybridized carbons (Fsp3) is 0.954. The number of aliphatic hydroxyl groups is 2. The molecule has 93 heavy (non-hydrogen) atoms. The highest BCUT2D eigenvalue weighted by Gasteiger charge is 2.18. The van der Waals surface area contributed by atoms with Gasteiger partial charge in [-0.3, -0.25) is 9.59 Å². The zero-order valence-corrected chi connectivity index (χ0v) is 63.8. The molecule has 0 bridgehead atoms. The van der Waals surface area contributed by atoms with Gasteiger partial charge < -0.3 is 20.3 Å². The average molecular weight is 1310 g/mol. The monoisotopic (exact) mass is 1310 g/mol. The number of esters is 1. The number of aliphatic hydroxyl groups excluding tert-OH is 2. The molecule has 0 radical (unpaired) electrons. The maximum Gasteiger partial charge on any atom is 0.305 e. The molecular formula is C87H171NO5. The SMILES string of the molecule is CCCCCCCCCCCCCCCCCCCCCCCC/C=C/C(O)C(CO)NC(=O)CCCCCCCCCCCCCCCCCCCCCCCCCCCCCCCCCCCCCCCOC(=O)CCCCCCCCCCCCCCCCC. The van der Waals surface area contributed by atoms with Crippen molar-refractivity contribution in [3.05, 3.63) is 12.2 Å². The molecule has 6 nitrogen and oxygen atoms in total. The van der Waals surface area contributed by atoms with Gasteiger partial charge in [0.2, 0.25) is 5.91 Å². The van der Waals surface area contributed by atoms with Gasteiger partial charge in [-0.15, -0.1) is 0 Å². The second-order valence-electron chi connectivity index (χ2n) is 30.2. The second-order valence-corrected chi connectivity index (χ2v) is 30.2. The molecule has 0 rings (SSSR count). The van der Waals surface area contributed by atoms with Crippen molar-refractivity contribution in [2.24, 2.45) is 0 Å². The van der Waals surface area contributed by atoms with E-state index >= 15 is 0 Å². The van der Waals surface area contributed by atoms with Gasteiger partial charge in [0.25, 0.3) is 0 Å². The van der Waals surface area contributed by atoms with Crippen molar-refractivity contribution in [3.63, 3.8) is 0 Å². The molecule has 6 heteroatoms. The first-order valence-corrected chi connectivity index (χ1v) is 43.5. The third kappa shape index (κ3) is 79.5. The van der Waals surface area contributed by atoms with Gasteiger partial charge in [-0.1, -0.05) is 475 Å². The van der Waals surface area contributed by atoms with E-state index in [-0.39, 0.29) is 18.5 Å². The number of amides is 1. The van der Waals surface area contributed by atoms with Crippen LogP contribution in [-0.4, -0.2) is 47.4 Å². The number of carbonyl (C=O) groups excluding carboxylic acids is 2. The second kappa shape index (κ2) is 83.0. The van der Waals surface area contributed by atoms with E-state index in [1.807, 2.05) is 6.08 Å². The highest BCUT2D eigenvalue weighted by molar-refractivity contribution is 5.76. The summed E-state index contributed by atoms with van der Waals surface area (Å²) in [6.07, 6.45) is 107. The average Bonchev–Trinajstić information content (AvgIpc) is 3.78. The third-order valence-corrected chi connectivity index (χ3v) is 20.8. The smallest absolute Gasteiger partial charge is 0.305 e. The normalized spacial score (nSPS) is 12.4. The van der Waals surface area contributed by atoms with Crippen molar-refractivity contribution in [1.82, 2.24) is 5.32 Å². The van der Waals surface area contributed by atoms with E-state index in [9.17, 15) is 19.8 Å². The number of unbranched alkanes of at least 4 members (excludes halogenated alkanes) is 72. The first kappa shape index (κ1) is 91.6. The number of rotatable bonds is 83. The summed E-state index contributed by atoms with van der Waals surface area (Å²) in [7, 11) is 0. The zero-order chi connectivity index (χ0) is 67.0. The summed E-state index contributed by atoms with van der Waals surface area (Å²) >= 11 is 0. The molecule has 1 amide bonds. The van der Waals surface area contributed by atoms with Crippen LogP contribution in [0, 0.1) is 0 Å². The minimum Gasteiger partial charge on any atom is -0.466 e. The Morgan fingerprint density at radius 2 is 0.495 bits per heavy atom. The lowest BCUT2D eigenvalue weighted by Gasteiger charge is -2.20. The first-order chi connectivity index (χ1) is 46.0. The molecule has 0 saturated heterocycles. The Balaban J connectivity index is 3.32. The Bertz CT molecular complexity index is 1420. The summed E-state index contributed by atoms with van der Waals surface area (Å²) in [5.41, 5.74) is 0. The lowest BCUT2D eigenvalue weighted by Crippen LogP contribution is -2.45. The number of allylic oxidation sites excluding steroid dienone is 1. The van der Waals surface area contributed by atoms with E-state index in [4.69, 9.17) is 4.74 Å². The van der Waals surface area contributed by atoms with Gasteiger partial charge in [0, 0.05) is 12.8 Å². The van der Waals surface area contributed by atoms with E-state index < -0.39 is 12.1 Å². The highest BCUT2D eigenvalue weighted by atomic mass is 16.5. The van der Waals surface area contributed by atoms with Crippen LogP contribution >= 0.6 is 0 Å². The molecule has 0 aliphatic carbocycles. The van der Waals surface area contributed by atoms with Crippen molar-refractivity contribution in [3.8, 4) is 0 Å². The van der Waals surface area contributed by atoms with Gasteiger partial charge in [-0.2, -0.15) is 0 Å². The Hall–Kier alpha value is -1.40. The molecule has 0 aromatic rings. The third-order valence-electron chi connectivity index (χ3n) is 20.8. The van der Waals surface area contributed by atoms with Gasteiger partial charge in [-0.25, -0.2) is 0 Å². The van der Waals surface area contributed by atoms with Crippen LogP contribution < -0.4 is 5.32 Å². The van der Waals surface area contributed by atoms with Crippen molar-refractivity contribution < 1.29 is 24.5 Å². The fourth-order valence-electron chi connectivity index (χ4n) is 14.2. The molecule has 2 atom stereocenters. The number of ether oxygens (including phenoxy) is 1. The van der Waals surface area contributed by atoms with Crippen LogP contribution in [0.15, 0.2) is 12.2 Å². The molecule has 0 saturated carbocycles. The minimum absolute atomic E-state index is 0.0275. The van der Waals surface area contributed by atoms with Crippen LogP contribution in [0.5, 0.6) is 0 Å². The van der Waals surface area contributed by atoms with Crippen LogP contribution in [0.2, 0.25) is 0 Å². The van der Waals surface area contributed by atoms with Crippen LogP contribution in [0.3, 0.4) is 0 Å². The molecule has 0 aromatic carbocycles. The summed E-state index contributed by atoms with van der Waals surface area (Å²) < 4.78 is 5.51. The molecule has 0 heterocycles. The van der Waals surface area contributed by atoms with Crippen LogP contribution in [-0.2, 0) is 14.3 Å². The Morgan fingerprint density at radius 3 is 0.731 bits per heavy atom. The van der Waals surface area contributed by atoms with Gasteiger partial charge in [0.1, 0.15) is 0 Å². The maximum absolute atomic E-state index is 12.6. The summed E-state index contributed by atoms with van der Waals surface area (Å²) in [6.45, 7) is 4.98. The molecule has 0 aliphatic rings. The Kier molecular flexibility index (Phi) is 81.8.